The average Bonchev–Trinajstić information content (AvgIpc) is 2.28. The normalized spacial score (nSPS) is 28.2. The molecule has 2 atom stereocenters. The van der Waals surface area contributed by atoms with Gasteiger partial charge < -0.3 is 16.6 Å². The summed E-state index contributed by atoms with van der Waals surface area (Å²) in [6, 6.07) is 7.25. The molecule has 1 aliphatic carbocycles. The molecule has 0 radical (unpaired) electrons. The Morgan fingerprint density at radius 2 is 2.00 bits per heavy atom. The predicted octanol–water partition coefficient (Wildman–Crippen LogP) is 1.61. The van der Waals surface area contributed by atoms with E-state index in [4.69, 9.17) is 11.5 Å². The maximum Gasteiger partial charge on any atom is 0.122 e. The molecule has 86 valence electrons. The molecule has 5 N–H and O–H groups in total. The van der Waals surface area contributed by atoms with Crippen LogP contribution >= 0.6 is 0 Å². The Balaban J connectivity index is 2.26. The highest BCUT2D eigenvalue weighted by Gasteiger charge is 2.22. The fourth-order valence-corrected chi connectivity index (χ4v) is 2.14. The lowest BCUT2D eigenvalue weighted by molar-refractivity contribution is 0.462. The van der Waals surface area contributed by atoms with Crippen LogP contribution in [-0.2, 0) is 0 Å². The molecule has 1 fully saturated rings. The number of hydrogen-bond acceptors (Lipinski definition) is 3. The topological polar surface area (TPSA) is 72.3 Å². The zero-order valence-corrected chi connectivity index (χ0v) is 9.26. The molecule has 3 heteroatoms. The lowest BCUT2D eigenvalue weighted by Gasteiger charge is -2.28. The van der Waals surface area contributed by atoms with Crippen molar-refractivity contribution in [2.75, 3.05) is 0 Å². The van der Waals surface area contributed by atoms with E-state index in [0.717, 1.165) is 30.4 Å². The first-order chi connectivity index (χ1) is 7.68. The fraction of sp³-hybridized carbons (Fsp3) is 0.385. The molecule has 1 aromatic rings. The number of phenolic OH excluding ortho intramolecular Hbond substituents is 1. The van der Waals surface area contributed by atoms with Gasteiger partial charge in [0.05, 0.1) is 0 Å². The highest BCUT2D eigenvalue weighted by molar-refractivity contribution is 5.60. The first-order valence-corrected chi connectivity index (χ1v) is 5.68. The SMILES string of the molecule is NC1CCC/C(=C/c2ccccc2O)C1N. The van der Waals surface area contributed by atoms with Crippen LogP contribution in [0.2, 0.25) is 0 Å². The van der Waals surface area contributed by atoms with Gasteiger partial charge in [0.2, 0.25) is 0 Å². The molecule has 0 amide bonds. The van der Waals surface area contributed by atoms with Gasteiger partial charge in [0.1, 0.15) is 5.75 Å². The predicted molar refractivity (Wildman–Crippen MR) is 65.9 cm³/mol. The second kappa shape index (κ2) is 4.68. The largest absolute Gasteiger partial charge is 0.507 e. The highest BCUT2D eigenvalue weighted by atomic mass is 16.3. The minimum atomic E-state index is -0.0756. The molecule has 0 aromatic heterocycles. The van der Waals surface area contributed by atoms with Gasteiger partial charge in [-0.05, 0) is 25.3 Å². The molecule has 3 nitrogen and oxygen atoms in total. The van der Waals surface area contributed by atoms with E-state index in [1.807, 2.05) is 24.3 Å². The zero-order chi connectivity index (χ0) is 11.5. The molecule has 16 heavy (non-hydrogen) atoms. The summed E-state index contributed by atoms with van der Waals surface area (Å²) in [5.41, 5.74) is 13.9. The van der Waals surface area contributed by atoms with E-state index < -0.39 is 0 Å². The second-order valence-corrected chi connectivity index (χ2v) is 4.36. The molecule has 0 heterocycles. The van der Waals surface area contributed by atoms with E-state index in [0.29, 0.717) is 5.75 Å². The Kier molecular flexibility index (Phi) is 3.27. The molecular formula is C13H18N2O. The van der Waals surface area contributed by atoms with Crippen molar-refractivity contribution in [1.82, 2.24) is 0 Å². The number of hydrogen-bond donors (Lipinski definition) is 3. The van der Waals surface area contributed by atoms with Gasteiger partial charge in [-0.1, -0.05) is 29.8 Å². The Morgan fingerprint density at radius 1 is 1.25 bits per heavy atom. The van der Waals surface area contributed by atoms with Gasteiger partial charge in [-0.15, -0.1) is 0 Å². The van der Waals surface area contributed by atoms with Crippen LogP contribution in [0.5, 0.6) is 5.75 Å². The molecule has 0 spiro atoms. The van der Waals surface area contributed by atoms with Crippen LogP contribution in [0, 0.1) is 0 Å². The van der Waals surface area contributed by atoms with Crippen molar-refractivity contribution in [3.05, 3.63) is 35.4 Å². The van der Waals surface area contributed by atoms with E-state index >= 15 is 0 Å². The first kappa shape index (κ1) is 11.2. The van der Waals surface area contributed by atoms with Crippen LogP contribution in [0.3, 0.4) is 0 Å². The third-order valence-electron chi connectivity index (χ3n) is 3.17. The lowest BCUT2D eigenvalue weighted by Crippen LogP contribution is -2.45. The maximum absolute atomic E-state index is 9.68. The van der Waals surface area contributed by atoms with E-state index in [9.17, 15) is 5.11 Å². The lowest BCUT2D eigenvalue weighted by atomic mass is 9.86. The van der Waals surface area contributed by atoms with Crippen LogP contribution < -0.4 is 11.5 Å². The van der Waals surface area contributed by atoms with Gasteiger partial charge in [-0.25, -0.2) is 0 Å². The highest BCUT2D eigenvalue weighted by Crippen LogP contribution is 2.26. The number of benzene rings is 1. The Labute approximate surface area is 95.8 Å². The van der Waals surface area contributed by atoms with Crippen LogP contribution in [0.25, 0.3) is 6.08 Å². The number of aromatic hydroxyl groups is 1. The summed E-state index contributed by atoms with van der Waals surface area (Å²) in [6.07, 6.45) is 5.01. The molecule has 1 aromatic carbocycles. The van der Waals surface area contributed by atoms with Gasteiger partial charge in [0, 0.05) is 17.6 Å². The second-order valence-electron chi connectivity index (χ2n) is 4.36. The van der Waals surface area contributed by atoms with E-state index in [-0.39, 0.29) is 12.1 Å². The summed E-state index contributed by atoms with van der Waals surface area (Å²) in [6.45, 7) is 0. The Hall–Kier alpha value is -1.32. The van der Waals surface area contributed by atoms with Crippen molar-refractivity contribution in [1.29, 1.82) is 0 Å². The van der Waals surface area contributed by atoms with Crippen molar-refractivity contribution in [2.45, 2.75) is 31.3 Å². The van der Waals surface area contributed by atoms with Crippen LogP contribution in [-0.4, -0.2) is 17.2 Å². The van der Waals surface area contributed by atoms with Gasteiger partial charge in [-0.2, -0.15) is 0 Å². The van der Waals surface area contributed by atoms with Gasteiger partial charge in [0.25, 0.3) is 0 Å². The number of rotatable bonds is 1. The summed E-state index contributed by atoms with van der Waals surface area (Å²) in [4.78, 5) is 0. The summed E-state index contributed by atoms with van der Waals surface area (Å²) in [5.74, 6) is 0.293. The van der Waals surface area contributed by atoms with Crippen molar-refractivity contribution < 1.29 is 5.11 Å². The summed E-state index contributed by atoms with van der Waals surface area (Å²) in [7, 11) is 0. The third kappa shape index (κ3) is 2.26. The zero-order valence-electron chi connectivity index (χ0n) is 9.26. The molecule has 2 unspecified atom stereocenters. The van der Waals surface area contributed by atoms with Crippen molar-refractivity contribution in [3.63, 3.8) is 0 Å². The number of phenols is 1. The summed E-state index contributed by atoms with van der Waals surface area (Å²) >= 11 is 0. The summed E-state index contributed by atoms with van der Waals surface area (Å²) < 4.78 is 0. The van der Waals surface area contributed by atoms with Crippen molar-refractivity contribution in [2.24, 2.45) is 11.5 Å². The first-order valence-electron chi connectivity index (χ1n) is 5.68. The minimum absolute atomic E-state index is 0.0471. The van der Waals surface area contributed by atoms with Crippen LogP contribution in [0.15, 0.2) is 29.8 Å². The van der Waals surface area contributed by atoms with Gasteiger partial charge in [0.15, 0.2) is 0 Å². The standard InChI is InChI=1S/C13H18N2O/c14-11-6-3-5-10(13(11)15)8-9-4-1-2-7-12(9)16/h1-2,4,7-8,11,13,16H,3,5-6,14-15H2/b10-8-. The monoisotopic (exact) mass is 218 g/mol. The maximum atomic E-state index is 9.68. The summed E-state index contributed by atoms with van der Waals surface area (Å²) in [5, 5.41) is 9.68. The Bertz CT molecular complexity index is 401. The van der Waals surface area contributed by atoms with Crippen LogP contribution in [0.1, 0.15) is 24.8 Å². The molecule has 0 bridgehead atoms. The molecule has 2 rings (SSSR count). The van der Waals surface area contributed by atoms with E-state index in [1.54, 1.807) is 6.07 Å². The quantitative estimate of drug-likeness (QED) is 0.670. The Morgan fingerprint density at radius 3 is 2.75 bits per heavy atom. The minimum Gasteiger partial charge on any atom is -0.507 e. The number of nitrogens with two attached hydrogens (primary N) is 2. The van der Waals surface area contributed by atoms with Gasteiger partial charge >= 0.3 is 0 Å². The van der Waals surface area contributed by atoms with E-state index in [2.05, 4.69) is 0 Å². The number of para-hydroxylation sites is 1. The molecule has 1 aliphatic rings. The average molecular weight is 218 g/mol. The molecular weight excluding hydrogens is 200 g/mol. The third-order valence-corrected chi connectivity index (χ3v) is 3.17. The molecule has 0 aliphatic heterocycles. The van der Waals surface area contributed by atoms with Crippen molar-refractivity contribution >= 4 is 6.08 Å². The molecule has 0 saturated heterocycles. The van der Waals surface area contributed by atoms with Crippen molar-refractivity contribution in [3.8, 4) is 5.75 Å². The van der Waals surface area contributed by atoms with E-state index in [1.165, 1.54) is 0 Å². The van der Waals surface area contributed by atoms with Gasteiger partial charge in [-0.3, -0.25) is 0 Å². The molecule has 1 saturated carbocycles. The fourth-order valence-electron chi connectivity index (χ4n) is 2.14. The van der Waals surface area contributed by atoms with Crippen LogP contribution in [0.4, 0.5) is 0 Å². The smallest absolute Gasteiger partial charge is 0.122 e.